The molecule has 0 amide bonds. The van der Waals surface area contributed by atoms with Crippen LogP contribution in [0.25, 0.3) is 0 Å². The molecule has 0 aliphatic heterocycles. The summed E-state index contributed by atoms with van der Waals surface area (Å²) in [6, 6.07) is 14.5. The summed E-state index contributed by atoms with van der Waals surface area (Å²) >= 11 is 0. The van der Waals surface area contributed by atoms with Gasteiger partial charge in [0.15, 0.2) is 0 Å². The molecule has 0 heterocycles. The van der Waals surface area contributed by atoms with Crippen LogP contribution in [0.4, 0.5) is 0 Å². The number of aldehydes is 1. The van der Waals surface area contributed by atoms with Crippen LogP contribution in [0, 0.1) is 18.3 Å². The summed E-state index contributed by atoms with van der Waals surface area (Å²) in [4.78, 5) is 11.6. The summed E-state index contributed by atoms with van der Waals surface area (Å²) in [7, 11) is -3.86. The van der Waals surface area contributed by atoms with Crippen molar-refractivity contribution in [2.75, 3.05) is 0 Å². The molecule has 1 N–H and O–H groups in total. The Balaban J connectivity index is 2.38. The van der Waals surface area contributed by atoms with Gasteiger partial charge in [0.2, 0.25) is 10.0 Å². The van der Waals surface area contributed by atoms with Crippen LogP contribution in [-0.2, 0) is 20.4 Å². The fourth-order valence-electron chi connectivity index (χ4n) is 2.10. The molecule has 118 valence electrons. The number of benzene rings is 2. The second-order valence-corrected chi connectivity index (χ2v) is 7.11. The van der Waals surface area contributed by atoms with E-state index in [0.29, 0.717) is 17.4 Å². The normalized spacial score (nSPS) is 13.8. The monoisotopic (exact) mass is 328 g/mol. The molecule has 1 atom stereocenters. The molecule has 0 bridgehead atoms. The van der Waals surface area contributed by atoms with Crippen LogP contribution >= 0.6 is 0 Å². The van der Waals surface area contributed by atoms with Crippen molar-refractivity contribution in [3.63, 3.8) is 0 Å². The first-order valence-corrected chi connectivity index (χ1v) is 8.37. The van der Waals surface area contributed by atoms with Crippen molar-refractivity contribution in [3.05, 3.63) is 65.2 Å². The molecule has 1 unspecified atom stereocenters. The fraction of sp³-hybridized carbons (Fsp3) is 0.176. The highest BCUT2D eigenvalue weighted by atomic mass is 32.2. The third kappa shape index (κ3) is 3.65. The molecule has 0 saturated heterocycles. The lowest BCUT2D eigenvalue weighted by Gasteiger charge is -2.25. The Morgan fingerprint density at radius 3 is 2.13 bits per heavy atom. The quantitative estimate of drug-likeness (QED) is 0.853. The van der Waals surface area contributed by atoms with Gasteiger partial charge in [-0.25, -0.2) is 8.42 Å². The van der Waals surface area contributed by atoms with Crippen molar-refractivity contribution < 1.29 is 13.2 Å². The fourth-order valence-corrected chi connectivity index (χ4v) is 3.43. The van der Waals surface area contributed by atoms with E-state index in [1.807, 2.05) is 13.0 Å². The zero-order chi connectivity index (χ0) is 17.1. The van der Waals surface area contributed by atoms with Gasteiger partial charge >= 0.3 is 0 Å². The Labute approximate surface area is 135 Å². The van der Waals surface area contributed by atoms with Gasteiger partial charge in [-0.2, -0.15) is 9.98 Å². The summed E-state index contributed by atoms with van der Waals surface area (Å²) in [5.74, 6) is 0. The van der Waals surface area contributed by atoms with E-state index < -0.39 is 15.6 Å². The molecule has 0 radical (unpaired) electrons. The molecule has 0 fully saturated rings. The molecule has 23 heavy (non-hydrogen) atoms. The number of rotatable bonds is 5. The number of carbonyl (C=O) groups is 1. The van der Waals surface area contributed by atoms with Gasteiger partial charge in [0.25, 0.3) is 0 Å². The van der Waals surface area contributed by atoms with Crippen molar-refractivity contribution in [3.8, 4) is 6.07 Å². The molecular weight excluding hydrogens is 312 g/mol. The Kier molecular flexibility index (Phi) is 4.64. The molecule has 5 nitrogen and oxygen atoms in total. The zero-order valence-corrected chi connectivity index (χ0v) is 13.6. The smallest absolute Gasteiger partial charge is 0.241 e. The summed E-state index contributed by atoms with van der Waals surface area (Å²) in [6.07, 6.45) is 0.542. The van der Waals surface area contributed by atoms with E-state index in [4.69, 9.17) is 5.26 Å². The van der Waals surface area contributed by atoms with Gasteiger partial charge in [0.1, 0.15) is 11.8 Å². The molecule has 0 saturated carbocycles. The predicted octanol–water partition coefficient (Wildman–Crippen LogP) is 2.26. The van der Waals surface area contributed by atoms with Crippen LogP contribution in [0.1, 0.15) is 23.6 Å². The topological polar surface area (TPSA) is 87.0 Å². The van der Waals surface area contributed by atoms with Gasteiger partial charge in [0.05, 0.1) is 16.5 Å². The molecule has 0 aliphatic rings. The first-order valence-electron chi connectivity index (χ1n) is 6.88. The SMILES string of the molecule is Cc1ccc(S(=O)(=O)NC(C)(C=O)c2ccc(C#N)cc2)cc1. The second kappa shape index (κ2) is 6.32. The van der Waals surface area contributed by atoms with Crippen molar-refractivity contribution in [2.45, 2.75) is 24.3 Å². The minimum atomic E-state index is -3.86. The second-order valence-electron chi connectivity index (χ2n) is 5.43. The number of nitrogens with one attached hydrogen (secondary N) is 1. The average Bonchev–Trinajstić information content (AvgIpc) is 2.55. The highest BCUT2D eigenvalue weighted by molar-refractivity contribution is 7.89. The number of hydrogen-bond acceptors (Lipinski definition) is 4. The maximum absolute atomic E-state index is 12.5. The highest BCUT2D eigenvalue weighted by Gasteiger charge is 2.32. The third-order valence-electron chi connectivity index (χ3n) is 3.53. The number of carbonyl (C=O) groups excluding carboxylic acids is 1. The molecule has 2 rings (SSSR count). The minimum absolute atomic E-state index is 0.0878. The first-order chi connectivity index (χ1) is 10.8. The van der Waals surface area contributed by atoms with Crippen LogP contribution in [0.2, 0.25) is 0 Å². The molecule has 0 spiro atoms. The zero-order valence-electron chi connectivity index (χ0n) is 12.8. The van der Waals surface area contributed by atoms with Gasteiger partial charge in [0, 0.05) is 0 Å². The largest absolute Gasteiger partial charge is 0.301 e. The number of aryl methyl sites for hydroxylation is 1. The average molecular weight is 328 g/mol. The maximum Gasteiger partial charge on any atom is 0.241 e. The van der Waals surface area contributed by atoms with Crippen LogP contribution < -0.4 is 4.72 Å². The molecule has 0 aromatic heterocycles. The number of hydrogen-bond donors (Lipinski definition) is 1. The van der Waals surface area contributed by atoms with Crippen molar-refractivity contribution in [1.29, 1.82) is 5.26 Å². The predicted molar refractivity (Wildman–Crippen MR) is 86.1 cm³/mol. The van der Waals surface area contributed by atoms with Gasteiger partial charge < -0.3 is 4.79 Å². The van der Waals surface area contributed by atoms with Crippen LogP contribution in [0.5, 0.6) is 0 Å². The van der Waals surface area contributed by atoms with E-state index in [0.717, 1.165) is 5.56 Å². The van der Waals surface area contributed by atoms with Crippen LogP contribution in [-0.4, -0.2) is 14.7 Å². The van der Waals surface area contributed by atoms with Gasteiger partial charge in [-0.15, -0.1) is 0 Å². The van der Waals surface area contributed by atoms with Crippen LogP contribution in [0.3, 0.4) is 0 Å². The summed E-state index contributed by atoms with van der Waals surface area (Å²) < 4.78 is 27.4. The van der Waals surface area contributed by atoms with Crippen molar-refractivity contribution >= 4 is 16.3 Å². The minimum Gasteiger partial charge on any atom is -0.301 e. The summed E-state index contributed by atoms with van der Waals surface area (Å²) in [5.41, 5.74) is 0.414. The Hall–Kier alpha value is -2.49. The lowest BCUT2D eigenvalue weighted by Crippen LogP contribution is -2.44. The van der Waals surface area contributed by atoms with E-state index in [1.54, 1.807) is 24.3 Å². The molecular formula is C17H16N2O3S. The number of sulfonamides is 1. The van der Waals surface area contributed by atoms with E-state index in [1.165, 1.54) is 31.2 Å². The lowest BCUT2D eigenvalue weighted by atomic mass is 9.94. The Bertz CT molecular complexity index is 850. The standard InChI is InChI=1S/C17H16N2O3S/c1-13-3-9-16(10-4-13)23(21,22)19-17(2,12-20)15-7-5-14(11-18)6-8-15/h3-10,12,19H,1-2H3. The molecule has 6 heteroatoms. The van der Waals surface area contributed by atoms with Crippen molar-refractivity contribution in [2.24, 2.45) is 0 Å². The molecule has 2 aromatic rings. The Morgan fingerprint density at radius 1 is 1.09 bits per heavy atom. The van der Waals surface area contributed by atoms with E-state index >= 15 is 0 Å². The van der Waals surface area contributed by atoms with E-state index in [-0.39, 0.29) is 4.90 Å². The molecule has 0 aliphatic carbocycles. The van der Waals surface area contributed by atoms with Crippen molar-refractivity contribution in [1.82, 2.24) is 4.72 Å². The van der Waals surface area contributed by atoms with Gasteiger partial charge in [-0.05, 0) is 43.7 Å². The molecule has 2 aromatic carbocycles. The van der Waals surface area contributed by atoms with Gasteiger partial charge in [-0.1, -0.05) is 29.8 Å². The third-order valence-corrected chi connectivity index (χ3v) is 5.11. The van der Waals surface area contributed by atoms with E-state index in [9.17, 15) is 13.2 Å². The number of nitrogens with zero attached hydrogens (tertiary/aromatic N) is 1. The Morgan fingerprint density at radius 2 is 1.65 bits per heavy atom. The highest BCUT2D eigenvalue weighted by Crippen LogP contribution is 2.22. The van der Waals surface area contributed by atoms with Crippen LogP contribution in [0.15, 0.2) is 53.4 Å². The summed E-state index contributed by atoms with van der Waals surface area (Å²) in [5, 5.41) is 8.81. The van der Waals surface area contributed by atoms with E-state index in [2.05, 4.69) is 4.72 Å². The number of nitriles is 1. The lowest BCUT2D eigenvalue weighted by molar-refractivity contribution is -0.112. The van der Waals surface area contributed by atoms with Gasteiger partial charge in [-0.3, -0.25) is 0 Å². The first kappa shape index (κ1) is 16.9. The maximum atomic E-state index is 12.5. The summed E-state index contributed by atoms with van der Waals surface area (Å²) in [6.45, 7) is 3.34.